The molecule has 0 amide bonds. The zero-order valence-corrected chi connectivity index (χ0v) is 15.5. The largest absolute Gasteiger partial charge is 0.489 e. The van der Waals surface area contributed by atoms with Gasteiger partial charge in [0.25, 0.3) is 5.56 Å². The quantitative estimate of drug-likeness (QED) is 0.702. The van der Waals surface area contributed by atoms with Crippen LogP contribution in [0.3, 0.4) is 0 Å². The van der Waals surface area contributed by atoms with Crippen molar-refractivity contribution < 1.29 is 4.74 Å². The number of rotatable bonds is 7. The maximum atomic E-state index is 12.1. The Morgan fingerprint density at radius 3 is 2.88 bits per heavy atom. The molecule has 3 aromatic rings. The van der Waals surface area contributed by atoms with Gasteiger partial charge in [-0.1, -0.05) is 37.3 Å². The number of hydrogen-bond acceptors (Lipinski definition) is 6. The molecule has 0 spiro atoms. The van der Waals surface area contributed by atoms with Gasteiger partial charge in [0, 0.05) is 11.8 Å². The summed E-state index contributed by atoms with van der Waals surface area (Å²) < 4.78 is 7.37. The van der Waals surface area contributed by atoms with Crippen LogP contribution < -0.4 is 15.6 Å². The molecule has 2 aromatic heterocycles. The first kappa shape index (κ1) is 17.4. The van der Waals surface area contributed by atoms with Crippen LogP contribution in [0.1, 0.15) is 31.5 Å². The molecule has 0 bridgehead atoms. The van der Waals surface area contributed by atoms with Gasteiger partial charge in [0.05, 0.1) is 6.54 Å². The average Bonchev–Trinajstić information content (AvgIpc) is 3.02. The van der Waals surface area contributed by atoms with Gasteiger partial charge in [-0.05, 0) is 37.5 Å². The lowest BCUT2D eigenvalue weighted by molar-refractivity contribution is 0.210. The van der Waals surface area contributed by atoms with E-state index in [4.69, 9.17) is 4.74 Å². The number of aromatic nitrogens is 3. The monoisotopic (exact) mass is 358 g/mol. The van der Waals surface area contributed by atoms with Crippen LogP contribution in [-0.4, -0.2) is 27.2 Å². The lowest BCUT2D eigenvalue weighted by Gasteiger charge is -2.18. The molecule has 132 valence electrons. The van der Waals surface area contributed by atoms with Crippen molar-refractivity contribution in [1.29, 1.82) is 0 Å². The standard InChI is InChI=1S/C18H22N4O2S/c1-4-13-10-16(23)22-18(20-13)25-17(21-22)19-11-14(5-2)24-15-8-6-7-12(3)9-15/h6-10,14H,4-5,11H2,1-3H3,(H,19,21). The zero-order valence-electron chi connectivity index (χ0n) is 14.7. The van der Waals surface area contributed by atoms with Crippen LogP contribution in [0.5, 0.6) is 5.75 Å². The second kappa shape index (κ2) is 7.65. The van der Waals surface area contributed by atoms with E-state index < -0.39 is 0 Å². The summed E-state index contributed by atoms with van der Waals surface area (Å²) in [5, 5.41) is 8.25. The van der Waals surface area contributed by atoms with Crippen molar-refractivity contribution in [2.75, 3.05) is 11.9 Å². The Bertz CT molecular complexity index is 919. The zero-order chi connectivity index (χ0) is 17.8. The Morgan fingerprint density at radius 2 is 2.16 bits per heavy atom. The van der Waals surface area contributed by atoms with Gasteiger partial charge in [0.1, 0.15) is 11.9 Å². The summed E-state index contributed by atoms with van der Waals surface area (Å²) in [7, 11) is 0. The predicted octanol–water partition coefficient (Wildman–Crippen LogP) is 3.29. The fourth-order valence-electron chi connectivity index (χ4n) is 2.46. The summed E-state index contributed by atoms with van der Waals surface area (Å²) in [6.45, 7) is 6.72. The van der Waals surface area contributed by atoms with E-state index in [2.05, 4.69) is 22.3 Å². The van der Waals surface area contributed by atoms with Gasteiger partial charge in [-0.3, -0.25) is 4.79 Å². The van der Waals surface area contributed by atoms with E-state index in [0.717, 1.165) is 24.3 Å². The van der Waals surface area contributed by atoms with Gasteiger partial charge < -0.3 is 10.1 Å². The molecule has 0 radical (unpaired) electrons. The summed E-state index contributed by atoms with van der Waals surface area (Å²) in [6, 6.07) is 9.55. The van der Waals surface area contributed by atoms with Gasteiger partial charge in [0.15, 0.2) is 0 Å². The van der Waals surface area contributed by atoms with Crippen LogP contribution in [-0.2, 0) is 6.42 Å². The highest BCUT2D eigenvalue weighted by atomic mass is 32.1. The SMILES string of the molecule is CCc1cc(=O)n2nc(NCC(CC)Oc3cccc(C)c3)sc2n1. The van der Waals surface area contributed by atoms with E-state index in [1.54, 1.807) is 0 Å². The van der Waals surface area contributed by atoms with Crippen molar-refractivity contribution in [1.82, 2.24) is 14.6 Å². The van der Waals surface area contributed by atoms with E-state index in [1.807, 2.05) is 38.1 Å². The Morgan fingerprint density at radius 1 is 1.32 bits per heavy atom. The molecule has 0 aliphatic carbocycles. The summed E-state index contributed by atoms with van der Waals surface area (Å²) in [5.74, 6) is 0.864. The van der Waals surface area contributed by atoms with Gasteiger partial charge in [-0.25, -0.2) is 4.98 Å². The molecule has 0 saturated carbocycles. The number of ether oxygens (including phenoxy) is 1. The second-order valence-corrected chi connectivity index (χ2v) is 6.84. The summed E-state index contributed by atoms with van der Waals surface area (Å²) in [6.07, 6.45) is 1.61. The predicted molar refractivity (Wildman–Crippen MR) is 101 cm³/mol. The first-order chi connectivity index (χ1) is 12.1. The molecule has 2 heterocycles. The number of nitrogens with one attached hydrogen (secondary N) is 1. The van der Waals surface area contributed by atoms with E-state index in [1.165, 1.54) is 27.5 Å². The minimum absolute atomic E-state index is 0.0182. The van der Waals surface area contributed by atoms with Gasteiger partial charge in [-0.2, -0.15) is 4.52 Å². The summed E-state index contributed by atoms with van der Waals surface area (Å²) in [4.78, 5) is 17.1. The van der Waals surface area contributed by atoms with Crippen LogP contribution in [0.15, 0.2) is 35.1 Å². The van der Waals surface area contributed by atoms with Gasteiger partial charge in [0.2, 0.25) is 10.1 Å². The van der Waals surface area contributed by atoms with E-state index >= 15 is 0 Å². The van der Waals surface area contributed by atoms with E-state index in [-0.39, 0.29) is 11.7 Å². The molecule has 0 aliphatic heterocycles. The molecular formula is C18H22N4O2S. The molecule has 0 fully saturated rings. The Kier molecular flexibility index (Phi) is 5.33. The average molecular weight is 358 g/mol. The molecule has 25 heavy (non-hydrogen) atoms. The lowest BCUT2D eigenvalue weighted by atomic mass is 10.2. The van der Waals surface area contributed by atoms with E-state index in [0.29, 0.717) is 16.6 Å². The maximum absolute atomic E-state index is 12.1. The van der Waals surface area contributed by atoms with Crippen LogP contribution in [0.4, 0.5) is 5.13 Å². The van der Waals surface area contributed by atoms with Crippen LogP contribution >= 0.6 is 11.3 Å². The minimum atomic E-state index is -0.144. The number of hydrogen-bond donors (Lipinski definition) is 1. The Balaban J connectivity index is 1.70. The smallest absolute Gasteiger partial charge is 0.275 e. The number of fused-ring (bicyclic) bond motifs is 1. The fraction of sp³-hybridized carbons (Fsp3) is 0.389. The number of anilines is 1. The molecule has 1 N–H and O–H groups in total. The maximum Gasteiger partial charge on any atom is 0.275 e. The first-order valence-electron chi connectivity index (χ1n) is 8.46. The number of benzene rings is 1. The third kappa shape index (κ3) is 4.17. The molecule has 1 atom stereocenters. The molecule has 0 aliphatic rings. The highest BCUT2D eigenvalue weighted by molar-refractivity contribution is 7.20. The summed E-state index contributed by atoms with van der Waals surface area (Å²) >= 11 is 1.38. The number of aryl methyl sites for hydroxylation is 2. The van der Waals surface area contributed by atoms with Gasteiger partial charge in [-0.15, -0.1) is 5.10 Å². The molecule has 1 aromatic carbocycles. The highest BCUT2D eigenvalue weighted by Crippen LogP contribution is 2.19. The van der Waals surface area contributed by atoms with Gasteiger partial charge >= 0.3 is 0 Å². The molecule has 0 saturated heterocycles. The van der Waals surface area contributed by atoms with Crippen molar-refractivity contribution >= 4 is 21.4 Å². The second-order valence-electron chi connectivity index (χ2n) is 5.89. The lowest BCUT2D eigenvalue weighted by Crippen LogP contribution is -2.25. The minimum Gasteiger partial charge on any atom is -0.489 e. The topological polar surface area (TPSA) is 68.5 Å². The third-order valence-corrected chi connectivity index (χ3v) is 4.76. The molecular weight excluding hydrogens is 336 g/mol. The van der Waals surface area contributed by atoms with E-state index in [9.17, 15) is 4.79 Å². The van der Waals surface area contributed by atoms with Crippen LogP contribution in [0.2, 0.25) is 0 Å². The van der Waals surface area contributed by atoms with Crippen molar-refractivity contribution in [3.63, 3.8) is 0 Å². The molecule has 6 nitrogen and oxygen atoms in total. The summed E-state index contributed by atoms with van der Waals surface area (Å²) in [5.41, 5.74) is 1.81. The van der Waals surface area contributed by atoms with Crippen molar-refractivity contribution in [2.45, 2.75) is 39.7 Å². The molecule has 3 rings (SSSR count). The number of nitrogens with zero attached hydrogens (tertiary/aromatic N) is 3. The van der Waals surface area contributed by atoms with Crippen LogP contribution in [0, 0.1) is 6.92 Å². The first-order valence-corrected chi connectivity index (χ1v) is 9.27. The highest BCUT2D eigenvalue weighted by Gasteiger charge is 2.12. The Labute approximate surface area is 150 Å². The normalized spacial score (nSPS) is 12.3. The van der Waals surface area contributed by atoms with Crippen LogP contribution in [0.25, 0.3) is 4.96 Å². The van der Waals surface area contributed by atoms with Crippen molar-refractivity contribution in [3.8, 4) is 5.75 Å². The Hall–Kier alpha value is -2.41. The fourth-order valence-corrected chi connectivity index (χ4v) is 3.29. The molecule has 7 heteroatoms. The third-order valence-electron chi connectivity index (χ3n) is 3.89. The molecule has 1 unspecified atom stereocenters. The van der Waals surface area contributed by atoms with Crippen molar-refractivity contribution in [3.05, 3.63) is 51.9 Å². The van der Waals surface area contributed by atoms with Crippen molar-refractivity contribution in [2.24, 2.45) is 0 Å².